The normalized spacial score (nSPS) is 11.4. The summed E-state index contributed by atoms with van der Waals surface area (Å²) in [4.78, 5) is 34.6. The highest BCUT2D eigenvalue weighted by molar-refractivity contribution is 5.97. The van der Waals surface area contributed by atoms with E-state index in [2.05, 4.69) is 5.32 Å². The number of hydrogen-bond acceptors (Lipinski definition) is 7. The van der Waals surface area contributed by atoms with Crippen LogP contribution >= 0.6 is 0 Å². The van der Waals surface area contributed by atoms with E-state index in [1.165, 1.54) is 39.0 Å². The van der Waals surface area contributed by atoms with E-state index in [0.29, 0.717) is 17.2 Å². The topological polar surface area (TPSA) is 122 Å². The van der Waals surface area contributed by atoms with Crippen LogP contribution in [0.5, 0.6) is 11.5 Å². The van der Waals surface area contributed by atoms with Gasteiger partial charge in [0.15, 0.2) is 17.6 Å². The van der Waals surface area contributed by atoms with Crippen LogP contribution < -0.4 is 14.8 Å². The van der Waals surface area contributed by atoms with Crippen molar-refractivity contribution in [1.82, 2.24) is 4.57 Å². The van der Waals surface area contributed by atoms with Gasteiger partial charge in [0.05, 0.1) is 25.3 Å². The number of benzene rings is 1. The van der Waals surface area contributed by atoms with Crippen molar-refractivity contribution in [2.45, 2.75) is 13.0 Å². The molecule has 27 heavy (non-hydrogen) atoms. The number of methoxy groups -OCH3 is 2. The van der Waals surface area contributed by atoms with E-state index in [1.54, 1.807) is 18.2 Å². The van der Waals surface area contributed by atoms with Gasteiger partial charge in [-0.2, -0.15) is 0 Å². The summed E-state index contributed by atoms with van der Waals surface area (Å²) in [6, 6.07) is 5.87. The fourth-order valence-corrected chi connectivity index (χ4v) is 2.28. The molecule has 144 valence electrons. The third kappa shape index (κ3) is 4.54. The van der Waals surface area contributed by atoms with Crippen LogP contribution in [0.15, 0.2) is 30.5 Å². The molecule has 0 aliphatic heterocycles. The van der Waals surface area contributed by atoms with E-state index in [9.17, 15) is 19.7 Å². The number of nitro groups is 1. The zero-order chi connectivity index (χ0) is 20.1. The molecule has 1 heterocycles. The number of nitrogens with one attached hydrogen (secondary N) is 1. The lowest BCUT2D eigenvalue weighted by Crippen LogP contribution is -2.30. The molecule has 1 aromatic carbocycles. The Morgan fingerprint density at radius 3 is 2.41 bits per heavy atom. The number of nitrogens with zero attached hydrogens (tertiary/aromatic N) is 2. The van der Waals surface area contributed by atoms with Crippen LogP contribution in [0.25, 0.3) is 0 Å². The number of aryl methyl sites for hydroxylation is 1. The largest absolute Gasteiger partial charge is 0.493 e. The van der Waals surface area contributed by atoms with E-state index in [4.69, 9.17) is 14.2 Å². The lowest BCUT2D eigenvalue weighted by Gasteiger charge is -2.15. The minimum atomic E-state index is -1.13. The van der Waals surface area contributed by atoms with Crippen LogP contribution in [0, 0.1) is 10.1 Å². The van der Waals surface area contributed by atoms with Crippen molar-refractivity contribution in [3.63, 3.8) is 0 Å². The van der Waals surface area contributed by atoms with Crippen LogP contribution in [0.3, 0.4) is 0 Å². The summed E-state index contributed by atoms with van der Waals surface area (Å²) < 4.78 is 16.6. The molecule has 1 atom stereocenters. The molecule has 1 amide bonds. The molecular weight excluding hydrogens is 358 g/mol. The van der Waals surface area contributed by atoms with Gasteiger partial charge in [0.25, 0.3) is 11.6 Å². The van der Waals surface area contributed by atoms with Crippen molar-refractivity contribution in [3.05, 3.63) is 46.3 Å². The van der Waals surface area contributed by atoms with E-state index in [-0.39, 0.29) is 11.4 Å². The van der Waals surface area contributed by atoms with Gasteiger partial charge in [0.1, 0.15) is 5.69 Å². The van der Waals surface area contributed by atoms with Crippen molar-refractivity contribution in [2.75, 3.05) is 19.5 Å². The highest BCUT2D eigenvalue weighted by atomic mass is 16.6. The maximum absolute atomic E-state index is 12.3. The molecule has 0 saturated carbocycles. The van der Waals surface area contributed by atoms with E-state index >= 15 is 0 Å². The Balaban J connectivity index is 2.05. The summed E-state index contributed by atoms with van der Waals surface area (Å²) in [5.41, 5.74) is 0.148. The number of carbonyl (C=O) groups excluding carboxylic acids is 2. The molecule has 0 bridgehead atoms. The predicted octanol–water partition coefficient (Wildman–Crippen LogP) is 2.13. The smallest absolute Gasteiger partial charge is 0.355 e. The molecule has 0 fully saturated rings. The Bertz CT molecular complexity index is 875. The average molecular weight is 377 g/mol. The number of carbonyl (C=O) groups is 2. The first kappa shape index (κ1) is 19.8. The molecule has 2 rings (SSSR count). The van der Waals surface area contributed by atoms with Crippen molar-refractivity contribution < 1.29 is 28.7 Å². The molecule has 10 heteroatoms. The molecule has 0 radical (unpaired) electrons. The zero-order valence-electron chi connectivity index (χ0n) is 15.2. The van der Waals surface area contributed by atoms with Gasteiger partial charge in [-0.3, -0.25) is 14.9 Å². The van der Waals surface area contributed by atoms with Crippen LogP contribution in [-0.2, 0) is 16.6 Å². The standard InChI is InChI=1S/C17H19N3O7/c1-10(27-17(22)13-8-12(20(23)24)9-19(13)2)16(21)18-11-5-6-14(25-3)15(7-11)26-4/h5-10H,1-4H3,(H,18,21). The van der Waals surface area contributed by atoms with E-state index in [0.717, 1.165) is 6.07 Å². The Hall–Kier alpha value is -3.56. The van der Waals surface area contributed by atoms with Gasteiger partial charge in [-0.1, -0.05) is 0 Å². The molecule has 2 aromatic rings. The third-order valence-electron chi connectivity index (χ3n) is 3.71. The summed E-state index contributed by atoms with van der Waals surface area (Å²) in [5.74, 6) is -0.490. The minimum Gasteiger partial charge on any atom is -0.493 e. The predicted molar refractivity (Wildman–Crippen MR) is 95.1 cm³/mol. The van der Waals surface area contributed by atoms with Crippen molar-refractivity contribution in [2.24, 2.45) is 7.05 Å². The Labute approximate surface area is 154 Å². The number of rotatable bonds is 7. The van der Waals surface area contributed by atoms with Gasteiger partial charge in [0.2, 0.25) is 0 Å². The first-order chi connectivity index (χ1) is 12.8. The summed E-state index contributed by atoms with van der Waals surface area (Å²) in [7, 11) is 4.43. The van der Waals surface area contributed by atoms with Crippen LogP contribution in [0.2, 0.25) is 0 Å². The van der Waals surface area contributed by atoms with Gasteiger partial charge in [0, 0.05) is 24.9 Å². The number of anilines is 1. The number of aromatic nitrogens is 1. The van der Waals surface area contributed by atoms with Crippen molar-refractivity contribution >= 4 is 23.3 Å². The highest BCUT2D eigenvalue weighted by Crippen LogP contribution is 2.29. The molecule has 0 aliphatic carbocycles. The molecule has 1 aromatic heterocycles. The molecule has 1 N–H and O–H groups in total. The van der Waals surface area contributed by atoms with E-state index in [1.807, 2.05) is 0 Å². The van der Waals surface area contributed by atoms with Gasteiger partial charge in [-0.05, 0) is 19.1 Å². The average Bonchev–Trinajstić information content (AvgIpc) is 3.03. The molecule has 1 unspecified atom stereocenters. The van der Waals surface area contributed by atoms with Crippen LogP contribution in [0.1, 0.15) is 17.4 Å². The fourth-order valence-electron chi connectivity index (χ4n) is 2.28. The van der Waals surface area contributed by atoms with Crippen molar-refractivity contribution in [1.29, 1.82) is 0 Å². The quantitative estimate of drug-likeness (QED) is 0.445. The third-order valence-corrected chi connectivity index (χ3v) is 3.71. The lowest BCUT2D eigenvalue weighted by molar-refractivity contribution is -0.384. The SMILES string of the molecule is COc1ccc(NC(=O)C(C)OC(=O)c2cc([N+](=O)[O-])cn2C)cc1OC. The monoisotopic (exact) mass is 377 g/mol. The number of esters is 1. The van der Waals surface area contributed by atoms with Gasteiger partial charge >= 0.3 is 5.97 Å². The molecule has 0 spiro atoms. The van der Waals surface area contributed by atoms with Gasteiger partial charge in [-0.25, -0.2) is 4.79 Å². The second-order valence-electron chi connectivity index (χ2n) is 5.56. The Morgan fingerprint density at radius 1 is 1.19 bits per heavy atom. The summed E-state index contributed by atoms with van der Waals surface area (Å²) in [6.45, 7) is 1.39. The van der Waals surface area contributed by atoms with E-state index < -0.39 is 22.9 Å². The summed E-state index contributed by atoms with van der Waals surface area (Å²) in [6.07, 6.45) is 0.0601. The lowest BCUT2D eigenvalue weighted by atomic mass is 10.2. The fraction of sp³-hybridized carbons (Fsp3) is 0.294. The second kappa shape index (κ2) is 8.21. The maximum Gasteiger partial charge on any atom is 0.355 e. The number of ether oxygens (including phenoxy) is 3. The summed E-state index contributed by atoms with van der Waals surface area (Å²) in [5, 5.41) is 13.4. The first-order valence-electron chi connectivity index (χ1n) is 7.81. The zero-order valence-corrected chi connectivity index (χ0v) is 15.2. The Kier molecular flexibility index (Phi) is 6.01. The molecular formula is C17H19N3O7. The maximum atomic E-state index is 12.3. The first-order valence-corrected chi connectivity index (χ1v) is 7.81. The molecule has 0 saturated heterocycles. The minimum absolute atomic E-state index is 0.0348. The molecule has 10 nitrogen and oxygen atoms in total. The Morgan fingerprint density at radius 2 is 1.85 bits per heavy atom. The number of amides is 1. The summed E-state index contributed by atoms with van der Waals surface area (Å²) >= 11 is 0. The molecule has 0 aliphatic rings. The van der Waals surface area contributed by atoms with Gasteiger partial charge in [-0.15, -0.1) is 0 Å². The van der Waals surface area contributed by atoms with Crippen LogP contribution in [0.4, 0.5) is 11.4 Å². The van der Waals surface area contributed by atoms with Crippen LogP contribution in [-0.4, -0.2) is 41.7 Å². The number of hydrogen-bond donors (Lipinski definition) is 1. The van der Waals surface area contributed by atoms with Crippen molar-refractivity contribution in [3.8, 4) is 11.5 Å². The van der Waals surface area contributed by atoms with Gasteiger partial charge < -0.3 is 24.1 Å². The highest BCUT2D eigenvalue weighted by Gasteiger charge is 2.23. The second-order valence-corrected chi connectivity index (χ2v) is 5.56.